The number of aromatic carboxylic acids is 1. The number of aromatic nitrogens is 1. The number of carbonyl (C=O) groups excluding carboxylic acids is 1. The molecule has 1 saturated carbocycles. The topological polar surface area (TPSA) is 158 Å². The van der Waals surface area contributed by atoms with E-state index in [1.807, 2.05) is 16.4 Å². The number of carboxylic acids is 2. The molecule has 1 aromatic carbocycles. The molecule has 3 atom stereocenters. The van der Waals surface area contributed by atoms with E-state index in [4.69, 9.17) is 9.84 Å². The van der Waals surface area contributed by atoms with E-state index in [0.29, 0.717) is 36.5 Å². The van der Waals surface area contributed by atoms with Crippen LogP contribution in [0.2, 0.25) is 0 Å². The van der Waals surface area contributed by atoms with E-state index in [-0.39, 0.29) is 29.0 Å². The van der Waals surface area contributed by atoms with Crippen molar-refractivity contribution in [3.05, 3.63) is 34.1 Å². The Morgan fingerprint density at radius 2 is 1.91 bits per heavy atom. The number of benzene rings is 1. The van der Waals surface area contributed by atoms with E-state index < -0.39 is 35.8 Å². The standard InChI is InChI=1S/C24H29N3O8/c1-12-7-13(25-23(32)18(28)8-19(29)30)10-26(9-12)17-6-5-15-20(22(17)35-2)27(14-3-4-14)11-16(21(15)31)24(33)34/h5-6,11-14,18,28H,3-4,7-10H2,1-2H3,(H,25,32)(H,29,30)(H,33,34)/t12-,13-,18-/m0/s1. The molecule has 0 spiro atoms. The van der Waals surface area contributed by atoms with Crippen LogP contribution in [0.1, 0.15) is 49.0 Å². The summed E-state index contributed by atoms with van der Waals surface area (Å²) in [5.41, 5.74) is 0.388. The fourth-order valence-electron chi connectivity index (χ4n) is 4.86. The second-order valence-corrected chi connectivity index (χ2v) is 9.39. The Morgan fingerprint density at radius 3 is 2.51 bits per heavy atom. The summed E-state index contributed by atoms with van der Waals surface area (Å²) in [4.78, 5) is 49.7. The molecule has 0 bridgehead atoms. The molecule has 2 fully saturated rings. The minimum atomic E-state index is -1.63. The first-order chi connectivity index (χ1) is 16.6. The zero-order valence-corrected chi connectivity index (χ0v) is 19.6. The number of ether oxygens (including phenoxy) is 1. The van der Waals surface area contributed by atoms with Crippen molar-refractivity contribution in [1.29, 1.82) is 0 Å². The molecule has 11 heteroatoms. The average molecular weight is 488 g/mol. The maximum Gasteiger partial charge on any atom is 0.341 e. The smallest absolute Gasteiger partial charge is 0.341 e. The Bertz CT molecular complexity index is 1240. The predicted octanol–water partition coefficient (Wildman–Crippen LogP) is 1.21. The van der Waals surface area contributed by atoms with Crippen molar-refractivity contribution in [2.24, 2.45) is 5.92 Å². The number of carboxylic acid groups (broad SMARTS) is 2. The fraction of sp³-hybridized carbons (Fsp3) is 0.500. The largest absolute Gasteiger partial charge is 0.492 e. The number of hydrogen-bond acceptors (Lipinski definition) is 7. The number of aliphatic hydroxyl groups is 1. The number of hydrogen-bond donors (Lipinski definition) is 4. The van der Waals surface area contributed by atoms with Crippen LogP contribution in [0, 0.1) is 5.92 Å². The molecular formula is C24H29N3O8. The van der Waals surface area contributed by atoms with E-state index in [1.165, 1.54) is 13.3 Å². The van der Waals surface area contributed by atoms with Gasteiger partial charge in [0.15, 0.2) is 5.75 Å². The van der Waals surface area contributed by atoms with Gasteiger partial charge in [-0.3, -0.25) is 14.4 Å². The first-order valence-electron chi connectivity index (χ1n) is 11.5. The molecule has 11 nitrogen and oxygen atoms in total. The quantitative estimate of drug-likeness (QED) is 0.429. The maximum atomic E-state index is 12.9. The van der Waals surface area contributed by atoms with Gasteiger partial charge in [0, 0.05) is 31.4 Å². The Morgan fingerprint density at radius 1 is 1.20 bits per heavy atom. The van der Waals surface area contributed by atoms with Gasteiger partial charge in [-0.05, 0) is 37.3 Å². The summed E-state index contributed by atoms with van der Waals surface area (Å²) in [6.45, 7) is 3.05. The van der Waals surface area contributed by atoms with Crippen LogP contribution in [-0.2, 0) is 9.59 Å². The number of fused-ring (bicyclic) bond motifs is 1. The lowest BCUT2D eigenvalue weighted by Crippen LogP contribution is -2.52. The highest BCUT2D eigenvalue weighted by Gasteiger charge is 2.33. The first-order valence-corrected chi connectivity index (χ1v) is 11.5. The van der Waals surface area contributed by atoms with Gasteiger partial charge < -0.3 is 34.8 Å². The highest BCUT2D eigenvalue weighted by Crippen LogP contribution is 2.43. The van der Waals surface area contributed by atoms with Crippen molar-refractivity contribution in [3.8, 4) is 5.75 Å². The van der Waals surface area contributed by atoms with Crippen LogP contribution in [0.4, 0.5) is 5.69 Å². The number of anilines is 1. The van der Waals surface area contributed by atoms with Crippen LogP contribution in [0.3, 0.4) is 0 Å². The van der Waals surface area contributed by atoms with Crippen molar-refractivity contribution in [1.82, 2.24) is 9.88 Å². The third-order valence-corrected chi connectivity index (χ3v) is 6.52. The van der Waals surface area contributed by atoms with Crippen LogP contribution >= 0.6 is 0 Å². The molecule has 0 unspecified atom stereocenters. The Labute approximate surface area is 200 Å². The van der Waals surface area contributed by atoms with Crippen LogP contribution in [-0.4, -0.2) is 70.1 Å². The lowest BCUT2D eigenvalue weighted by Gasteiger charge is -2.39. The van der Waals surface area contributed by atoms with Crippen LogP contribution in [0.15, 0.2) is 23.1 Å². The van der Waals surface area contributed by atoms with Gasteiger partial charge in [0.25, 0.3) is 0 Å². The minimum Gasteiger partial charge on any atom is -0.492 e. The zero-order chi connectivity index (χ0) is 25.4. The number of amides is 1. The highest BCUT2D eigenvalue weighted by molar-refractivity contribution is 5.97. The summed E-state index contributed by atoms with van der Waals surface area (Å²) in [7, 11) is 1.50. The summed E-state index contributed by atoms with van der Waals surface area (Å²) in [6, 6.07) is 3.09. The van der Waals surface area contributed by atoms with Crippen molar-refractivity contribution in [2.75, 3.05) is 25.1 Å². The lowest BCUT2D eigenvalue weighted by molar-refractivity contribution is -0.144. The maximum absolute atomic E-state index is 12.9. The normalized spacial score (nSPS) is 20.9. The molecule has 188 valence electrons. The van der Waals surface area contributed by atoms with Gasteiger partial charge in [-0.1, -0.05) is 6.92 Å². The summed E-state index contributed by atoms with van der Waals surface area (Å²) in [5, 5.41) is 31.2. The van der Waals surface area contributed by atoms with E-state index >= 15 is 0 Å². The average Bonchev–Trinajstić information content (AvgIpc) is 3.62. The van der Waals surface area contributed by atoms with Gasteiger partial charge >= 0.3 is 11.9 Å². The van der Waals surface area contributed by atoms with Gasteiger partial charge in [-0.25, -0.2) is 4.79 Å². The van der Waals surface area contributed by atoms with Crippen molar-refractivity contribution in [2.45, 2.75) is 50.8 Å². The number of nitrogens with zero attached hydrogens (tertiary/aromatic N) is 2. The number of piperidine rings is 1. The van der Waals surface area contributed by atoms with Crippen molar-refractivity contribution in [3.63, 3.8) is 0 Å². The van der Waals surface area contributed by atoms with Crippen molar-refractivity contribution >= 4 is 34.4 Å². The number of carbonyl (C=O) groups is 3. The van der Waals surface area contributed by atoms with Crippen LogP contribution < -0.4 is 20.4 Å². The second kappa shape index (κ2) is 9.57. The third kappa shape index (κ3) is 4.95. The minimum absolute atomic E-state index is 0.0865. The molecular weight excluding hydrogens is 458 g/mol. The number of methoxy groups -OCH3 is 1. The van der Waals surface area contributed by atoms with E-state index in [0.717, 1.165) is 12.8 Å². The Hall–Kier alpha value is -3.60. The summed E-state index contributed by atoms with van der Waals surface area (Å²) >= 11 is 0. The fourth-order valence-corrected chi connectivity index (χ4v) is 4.86. The molecule has 1 saturated heterocycles. The van der Waals surface area contributed by atoms with Crippen LogP contribution in [0.5, 0.6) is 5.75 Å². The van der Waals surface area contributed by atoms with Crippen molar-refractivity contribution < 1.29 is 34.4 Å². The molecule has 1 aliphatic carbocycles. The van der Waals surface area contributed by atoms with E-state index in [9.17, 15) is 29.4 Å². The summed E-state index contributed by atoms with van der Waals surface area (Å²) in [5.74, 6) is -2.66. The van der Waals surface area contributed by atoms with Gasteiger partial charge in [0.1, 0.15) is 11.7 Å². The van der Waals surface area contributed by atoms with E-state index in [1.54, 1.807) is 12.1 Å². The van der Waals surface area contributed by atoms with Gasteiger partial charge in [-0.15, -0.1) is 0 Å². The number of aliphatic hydroxyl groups excluding tert-OH is 1. The van der Waals surface area contributed by atoms with Gasteiger partial charge in [0.05, 0.1) is 30.1 Å². The molecule has 2 aliphatic rings. The monoisotopic (exact) mass is 487 g/mol. The molecule has 4 N–H and O–H groups in total. The molecule has 4 rings (SSSR count). The highest BCUT2D eigenvalue weighted by atomic mass is 16.5. The number of rotatable bonds is 8. The molecule has 2 heterocycles. The van der Waals surface area contributed by atoms with Gasteiger partial charge in [-0.2, -0.15) is 0 Å². The SMILES string of the molecule is COc1c(N2C[C@@H](C)C[C@H](NC(=O)[C@@H](O)CC(=O)O)C2)ccc2c(=O)c(C(=O)O)cn(C3CC3)c12. The molecule has 2 aromatic rings. The van der Waals surface area contributed by atoms with E-state index in [2.05, 4.69) is 5.32 Å². The van der Waals surface area contributed by atoms with Gasteiger partial charge in [0.2, 0.25) is 11.3 Å². The first kappa shape index (κ1) is 24.5. The summed E-state index contributed by atoms with van der Waals surface area (Å²) < 4.78 is 7.59. The Kier molecular flexibility index (Phi) is 6.70. The number of aliphatic carboxylic acids is 1. The second-order valence-electron chi connectivity index (χ2n) is 9.39. The molecule has 0 radical (unpaired) electrons. The molecule has 1 aliphatic heterocycles. The summed E-state index contributed by atoms with van der Waals surface area (Å²) in [6.07, 6.45) is 1.48. The lowest BCUT2D eigenvalue weighted by atomic mass is 9.94. The molecule has 35 heavy (non-hydrogen) atoms. The number of nitrogens with one attached hydrogen (secondary N) is 1. The number of pyridine rings is 1. The molecule has 1 aromatic heterocycles. The molecule has 1 amide bonds. The predicted molar refractivity (Wildman–Crippen MR) is 126 cm³/mol. The Balaban J connectivity index is 1.71. The van der Waals surface area contributed by atoms with Crippen LogP contribution in [0.25, 0.3) is 10.9 Å². The third-order valence-electron chi connectivity index (χ3n) is 6.52. The zero-order valence-electron chi connectivity index (χ0n) is 19.6.